The molecule has 0 aliphatic carbocycles. The minimum atomic E-state index is -0.479. The van der Waals surface area contributed by atoms with Crippen molar-refractivity contribution in [3.63, 3.8) is 0 Å². The van der Waals surface area contributed by atoms with Gasteiger partial charge in [0, 0.05) is 16.7 Å². The topological polar surface area (TPSA) is 76.8 Å². The van der Waals surface area contributed by atoms with E-state index in [1.807, 2.05) is 6.07 Å². The lowest BCUT2D eigenvalue weighted by molar-refractivity contribution is -0.385. The molecule has 0 aliphatic heterocycles. The molecule has 2 aromatic carbocycles. The second-order valence-corrected chi connectivity index (χ2v) is 4.73. The zero-order valence-electron chi connectivity index (χ0n) is 11.8. The number of nitro benzene ring substituents is 1. The molecule has 0 aromatic heterocycles. The molecular formula is C15H14ClN3O3. The molecule has 0 radical (unpaired) electrons. The first-order chi connectivity index (χ1) is 10.6. The van der Waals surface area contributed by atoms with Gasteiger partial charge in [0.05, 0.1) is 23.4 Å². The van der Waals surface area contributed by atoms with Crippen molar-refractivity contribution in [2.45, 2.75) is 6.92 Å². The zero-order valence-corrected chi connectivity index (χ0v) is 12.6. The van der Waals surface area contributed by atoms with Crippen molar-refractivity contribution >= 4 is 29.2 Å². The first-order valence-electron chi connectivity index (χ1n) is 6.56. The van der Waals surface area contributed by atoms with Gasteiger partial charge >= 0.3 is 5.69 Å². The summed E-state index contributed by atoms with van der Waals surface area (Å²) in [4.78, 5) is 10.6. The van der Waals surface area contributed by atoms with E-state index in [1.165, 1.54) is 12.3 Å². The van der Waals surface area contributed by atoms with Crippen LogP contribution in [0.2, 0.25) is 5.02 Å². The van der Waals surface area contributed by atoms with E-state index in [1.54, 1.807) is 37.3 Å². The standard InChI is InChI=1S/C15H14ClN3O3/c1-2-22-15-7-6-11(8-14(15)19(20)21)10-17-18-13-5-3-4-12(16)9-13/h3-10,18H,2H2,1H3. The molecule has 0 spiro atoms. The molecular weight excluding hydrogens is 306 g/mol. The van der Waals surface area contributed by atoms with Gasteiger partial charge in [-0.2, -0.15) is 5.10 Å². The number of rotatable bonds is 6. The van der Waals surface area contributed by atoms with Crippen molar-refractivity contribution in [2.75, 3.05) is 12.0 Å². The number of anilines is 1. The quantitative estimate of drug-likeness (QED) is 0.494. The summed E-state index contributed by atoms with van der Waals surface area (Å²) in [7, 11) is 0. The van der Waals surface area contributed by atoms with Crippen LogP contribution in [0.5, 0.6) is 5.75 Å². The minimum Gasteiger partial charge on any atom is -0.487 e. The van der Waals surface area contributed by atoms with E-state index in [0.29, 0.717) is 17.2 Å². The van der Waals surface area contributed by atoms with Crippen molar-refractivity contribution in [1.29, 1.82) is 0 Å². The Hall–Kier alpha value is -2.60. The van der Waals surface area contributed by atoms with Crippen molar-refractivity contribution in [2.24, 2.45) is 5.10 Å². The van der Waals surface area contributed by atoms with E-state index in [-0.39, 0.29) is 11.4 Å². The van der Waals surface area contributed by atoms with Gasteiger partial charge in [-0.25, -0.2) is 0 Å². The number of halogens is 1. The van der Waals surface area contributed by atoms with E-state index in [0.717, 1.165) is 5.69 Å². The maximum absolute atomic E-state index is 11.0. The second-order valence-electron chi connectivity index (χ2n) is 4.30. The van der Waals surface area contributed by atoms with Crippen LogP contribution < -0.4 is 10.2 Å². The Labute approximate surface area is 132 Å². The third-order valence-corrected chi connectivity index (χ3v) is 2.95. The summed E-state index contributed by atoms with van der Waals surface area (Å²) < 4.78 is 5.22. The van der Waals surface area contributed by atoms with Gasteiger partial charge in [0.15, 0.2) is 5.75 Å². The third kappa shape index (κ3) is 4.20. The molecule has 0 atom stereocenters. The molecule has 0 heterocycles. The average Bonchev–Trinajstić information content (AvgIpc) is 2.49. The molecule has 114 valence electrons. The normalized spacial score (nSPS) is 10.6. The Morgan fingerprint density at radius 3 is 2.86 bits per heavy atom. The number of hydrogen-bond acceptors (Lipinski definition) is 5. The molecule has 1 N–H and O–H groups in total. The van der Waals surface area contributed by atoms with E-state index in [9.17, 15) is 10.1 Å². The minimum absolute atomic E-state index is 0.0893. The van der Waals surface area contributed by atoms with Crippen LogP contribution in [0.3, 0.4) is 0 Å². The van der Waals surface area contributed by atoms with Gasteiger partial charge in [-0.15, -0.1) is 0 Å². The number of nitro groups is 1. The fourth-order valence-electron chi connectivity index (χ4n) is 1.77. The van der Waals surface area contributed by atoms with Crippen LogP contribution in [0, 0.1) is 10.1 Å². The number of benzene rings is 2. The highest BCUT2D eigenvalue weighted by Gasteiger charge is 2.14. The first kappa shape index (κ1) is 15.8. The van der Waals surface area contributed by atoms with Gasteiger partial charge in [-0.05, 0) is 37.3 Å². The summed E-state index contributed by atoms with van der Waals surface area (Å²) in [5.74, 6) is 0.243. The van der Waals surface area contributed by atoms with Gasteiger partial charge in [0.1, 0.15) is 0 Å². The molecule has 0 saturated carbocycles. The van der Waals surface area contributed by atoms with Crippen molar-refractivity contribution in [3.8, 4) is 5.75 Å². The van der Waals surface area contributed by atoms with Crippen LogP contribution in [0.4, 0.5) is 11.4 Å². The van der Waals surface area contributed by atoms with Crippen LogP contribution in [-0.2, 0) is 0 Å². The first-order valence-corrected chi connectivity index (χ1v) is 6.94. The molecule has 2 aromatic rings. The zero-order chi connectivity index (χ0) is 15.9. The lowest BCUT2D eigenvalue weighted by Gasteiger charge is -2.04. The molecule has 7 heteroatoms. The molecule has 0 aliphatic rings. The highest BCUT2D eigenvalue weighted by molar-refractivity contribution is 6.30. The molecule has 0 bridgehead atoms. The van der Waals surface area contributed by atoms with Crippen LogP contribution in [0.1, 0.15) is 12.5 Å². The number of ether oxygens (including phenoxy) is 1. The fraction of sp³-hybridized carbons (Fsp3) is 0.133. The van der Waals surface area contributed by atoms with E-state index >= 15 is 0 Å². The maximum Gasteiger partial charge on any atom is 0.311 e. The Morgan fingerprint density at radius 1 is 1.36 bits per heavy atom. The summed E-state index contributed by atoms with van der Waals surface area (Å²) in [6.07, 6.45) is 1.49. The predicted molar refractivity (Wildman–Crippen MR) is 86.9 cm³/mol. The van der Waals surface area contributed by atoms with Gasteiger partial charge in [-0.3, -0.25) is 15.5 Å². The Kier molecular flexibility index (Phi) is 5.32. The number of nitrogens with zero attached hydrogens (tertiary/aromatic N) is 2. The predicted octanol–water partition coefficient (Wildman–Crippen LogP) is 4.09. The van der Waals surface area contributed by atoms with E-state index in [4.69, 9.17) is 16.3 Å². The average molecular weight is 320 g/mol. The summed E-state index contributed by atoms with van der Waals surface area (Å²) in [6, 6.07) is 11.7. The SMILES string of the molecule is CCOc1ccc(C=NNc2cccc(Cl)c2)cc1[N+](=O)[O-]. The lowest BCUT2D eigenvalue weighted by Crippen LogP contribution is -1.99. The van der Waals surface area contributed by atoms with Gasteiger partial charge in [0.2, 0.25) is 0 Å². The van der Waals surface area contributed by atoms with Crippen molar-refractivity contribution in [3.05, 3.63) is 63.2 Å². The van der Waals surface area contributed by atoms with Crippen molar-refractivity contribution < 1.29 is 9.66 Å². The third-order valence-electron chi connectivity index (χ3n) is 2.71. The summed E-state index contributed by atoms with van der Waals surface area (Å²) >= 11 is 5.86. The summed E-state index contributed by atoms with van der Waals surface area (Å²) in [5, 5.41) is 15.7. The van der Waals surface area contributed by atoms with E-state index in [2.05, 4.69) is 10.5 Å². The van der Waals surface area contributed by atoms with E-state index < -0.39 is 4.92 Å². The molecule has 0 saturated heterocycles. The van der Waals surface area contributed by atoms with Crippen LogP contribution in [0.15, 0.2) is 47.6 Å². The smallest absolute Gasteiger partial charge is 0.311 e. The Morgan fingerprint density at radius 2 is 2.18 bits per heavy atom. The Balaban J connectivity index is 2.14. The largest absolute Gasteiger partial charge is 0.487 e. The fourth-order valence-corrected chi connectivity index (χ4v) is 1.96. The molecule has 0 fully saturated rings. The molecule has 0 amide bonds. The maximum atomic E-state index is 11.0. The van der Waals surface area contributed by atoms with Gasteiger partial charge < -0.3 is 4.74 Å². The highest BCUT2D eigenvalue weighted by Crippen LogP contribution is 2.27. The lowest BCUT2D eigenvalue weighted by atomic mass is 10.2. The molecule has 2 rings (SSSR count). The summed E-state index contributed by atoms with van der Waals surface area (Å²) in [5.41, 5.74) is 4.03. The second kappa shape index (κ2) is 7.42. The van der Waals surface area contributed by atoms with Crippen LogP contribution in [-0.4, -0.2) is 17.7 Å². The Bertz CT molecular complexity index is 704. The molecule has 0 unspecified atom stereocenters. The monoisotopic (exact) mass is 319 g/mol. The van der Waals surface area contributed by atoms with Gasteiger partial charge in [0.25, 0.3) is 0 Å². The van der Waals surface area contributed by atoms with Crippen LogP contribution in [0.25, 0.3) is 0 Å². The summed E-state index contributed by atoms with van der Waals surface area (Å²) in [6.45, 7) is 2.14. The molecule has 22 heavy (non-hydrogen) atoms. The number of hydrogen-bond donors (Lipinski definition) is 1. The van der Waals surface area contributed by atoms with Crippen molar-refractivity contribution in [1.82, 2.24) is 0 Å². The number of hydrazone groups is 1. The molecule has 6 nitrogen and oxygen atoms in total. The van der Waals surface area contributed by atoms with Gasteiger partial charge in [-0.1, -0.05) is 17.7 Å². The van der Waals surface area contributed by atoms with Crippen LogP contribution >= 0.6 is 11.6 Å². The number of nitrogens with one attached hydrogen (secondary N) is 1. The highest BCUT2D eigenvalue weighted by atomic mass is 35.5.